The van der Waals surface area contributed by atoms with Crippen LogP contribution >= 0.6 is 0 Å². The topological polar surface area (TPSA) is 58.4 Å². The molecule has 5 heteroatoms. The summed E-state index contributed by atoms with van der Waals surface area (Å²) in [5.74, 6) is 0.450. The van der Waals surface area contributed by atoms with Crippen LogP contribution in [0.25, 0.3) is 0 Å². The van der Waals surface area contributed by atoms with E-state index in [1.165, 1.54) is 0 Å². The molecule has 0 radical (unpaired) electrons. The largest absolute Gasteiger partial charge is 0.395 e. The molecule has 0 aliphatic heterocycles. The Morgan fingerprint density at radius 1 is 1.62 bits per heavy atom. The van der Waals surface area contributed by atoms with Crippen molar-refractivity contribution in [3.05, 3.63) is 22.7 Å². The SMILES string of the molecule is CCN(CCO)c1nccn(C2CC2)c1=O. The maximum Gasteiger partial charge on any atom is 0.293 e. The smallest absolute Gasteiger partial charge is 0.293 e. The van der Waals surface area contributed by atoms with E-state index in [0.29, 0.717) is 24.9 Å². The quantitative estimate of drug-likeness (QED) is 0.785. The first-order chi connectivity index (χ1) is 7.77. The molecule has 0 spiro atoms. The molecule has 0 bridgehead atoms. The van der Waals surface area contributed by atoms with Crippen molar-refractivity contribution in [3.8, 4) is 0 Å². The van der Waals surface area contributed by atoms with Crippen LogP contribution in [0.1, 0.15) is 25.8 Å². The minimum atomic E-state index is -0.0414. The van der Waals surface area contributed by atoms with E-state index in [1.807, 2.05) is 6.92 Å². The fraction of sp³-hybridized carbons (Fsp3) is 0.636. The molecule has 88 valence electrons. The molecule has 5 nitrogen and oxygen atoms in total. The summed E-state index contributed by atoms with van der Waals surface area (Å²) < 4.78 is 1.75. The highest BCUT2D eigenvalue weighted by Crippen LogP contribution is 2.33. The number of hydrogen-bond acceptors (Lipinski definition) is 4. The Hall–Kier alpha value is -1.36. The molecular formula is C11H17N3O2. The number of anilines is 1. The zero-order chi connectivity index (χ0) is 11.5. The second-order valence-corrected chi connectivity index (χ2v) is 4.00. The molecule has 1 saturated carbocycles. The molecule has 0 saturated heterocycles. The molecule has 1 N–H and O–H groups in total. The van der Waals surface area contributed by atoms with Crippen LogP contribution in [-0.2, 0) is 0 Å². The van der Waals surface area contributed by atoms with Crippen LogP contribution in [0, 0.1) is 0 Å². The third kappa shape index (κ3) is 2.09. The first kappa shape index (κ1) is 11.1. The molecule has 1 heterocycles. The highest BCUT2D eigenvalue weighted by atomic mass is 16.3. The Morgan fingerprint density at radius 2 is 2.38 bits per heavy atom. The molecule has 1 aromatic heterocycles. The van der Waals surface area contributed by atoms with E-state index in [9.17, 15) is 4.79 Å². The number of likely N-dealkylation sites (N-methyl/N-ethyl adjacent to an activating group) is 1. The van der Waals surface area contributed by atoms with Crippen molar-refractivity contribution in [3.63, 3.8) is 0 Å². The minimum absolute atomic E-state index is 0.0350. The van der Waals surface area contributed by atoms with Crippen LogP contribution in [0.4, 0.5) is 5.82 Å². The summed E-state index contributed by atoms with van der Waals surface area (Å²) in [4.78, 5) is 18.0. The van der Waals surface area contributed by atoms with Crippen molar-refractivity contribution in [2.75, 3.05) is 24.6 Å². The van der Waals surface area contributed by atoms with Gasteiger partial charge in [0, 0.05) is 31.5 Å². The predicted molar refractivity (Wildman–Crippen MR) is 61.7 cm³/mol. The number of aliphatic hydroxyl groups is 1. The number of aliphatic hydroxyl groups excluding tert-OH is 1. The molecule has 2 rings (SSSR count). The van der Waals surface area contributed by atoms with Gasteiger partial charge in [0.25, 0.3) is 5.56 Å². The highest BCUT2D eigenvalue weighted by Gasteiger charge is 2.26. The molecule has 0 aromatic carbocycles. The van der Waals surface area contributed by atoms with Crippen molar-refractivity contribution in [2.45, 2.75) is 25.8 Å². The number of nitrogens with zero attached hydrogens (tertiary/aromatic N) is 3. The highest BCUT2D eigenvalue weighted by molar-refractivity contribution is 5.35. The lowest BCUT2D eigenvalue weighted by Crippen LogP contribution is -2.34. The Balaban J connectivity index is 2.32. The van der Waals surface area contributed by atoms with Crippen molar-refractivity contribution < 1.29 is 5.11 Å². The lowest BCUT2D eigenvalue weighted by atomic mass is 10.4. The number of rotatable bonds is 5. The van der Waals surface area contributed by atoms with Gasteiger partial charge in [-0.15, -0.1) is 0 Å². The lowest BCUT2D eigenvalue weighted by molar-refractivity contribution is 0.302. The molecule has 0 amide bonds. The van der Waals surface area contributed by atoms with Crippen molar-refractivity contribution >= 4 is 5.82 Å². The van der Waals surface area contributed by atoms with Gasteiger partial charge < -0.3 is 14.6 Å². The molecule has 0 atom stereocenters. The minimum Gasteiger partial charge on any atom is -0.395 e. The van der Waals surface area contributed by atoms with E-state index in [4.69, 9.17) is 5.11 Å². The van der Waals surface area contributed by atoms with Gasteiger partial charge in [-0.25, -0.2) is 4.98 Å². The third-order valence-corrected chi connectivity index (χ3v) is 2.84. The fourth-order valence-electron chi connectivity index (χ4n) is 1.81. The zero-order valence-corrected chi connectivity index (χ0v) is 9.46. The first-order valence-electron chi connectivity index (χ1n) is 5.71. The van der Waals surface area contributed by atoms with E-state index in [-0.39, 0.29) is 12.2 Å². The molecule has 1 aliphatic rings. The van der Waals surface area contributed by atoms with Crippen LogP contribution in [0.2, 0.25) is 0 Å². The molecular weight excluding hydrogens is 206 g/mol. The Morgan fingerprint density at radius 3 is 2.94 bits per heavy atom. The number of hydrogen-bond donors (Lipinski definition) is 1. The van der Waals surface area contributed by atoms with Gasteiger partial charge in [-0.2, -0.15) is 0 Å². The van der Waals surface area contributed by atoms with Crippen molar-refractivity contribution in [1.82, 2.24) is 9.55 Å². The summed E-state index contributed by atoms with van der Waals surface area (Å²) in [5.41, 5.74) is -0.0414. The Bertz CT molecular complexity index is 412. The number of aromatic nitrogens is 2. The molecule has 16 heavy (non-hydrogen) atoms. The molecule has 0 unspecified atom stereocenters. The standard InChI is InChI=1S/C11H17N3O2/c1-2-13(7-8-15)10-11(16)14(6-5-12-10)9-3-4-9/h5-6,9,15H,2-4,7-8H2,1H3. The second kappa shape index (κ2) is 4.65. The van der Waals surface area contributed by atoms with Crippen LogP contribution in [0.3, 0.4) is 0 Å². The predicted octanol–water partition coefficient (Wildman–Crippen LogP) is 0.397. The van der Waals surface area contributed by atoms with E-state index in [1.54, 1.807) is 21.9 Å². The van der Waals surface area contributed by atoms with Gasteiger partial charge in [0.2, 0.25) is 0 Å². The van der Waals surface area contributed by atoms with Gasteiger partial charge in [0.1, 0.15) is 0 Å². The van der Waals surface area contributed by atoms with Crippen LogP contribution < -0.4 is 10.5 Å². The van der Waals surface area contributed by atoms with Gasteiger partial charge in [-0.3, -0.25) is 4.79 Å². The van der Waals surface area contributed by atoms with Crippen LogP contribution in [0.5, 0.6) is 0 Å². The van der Waals surface area contributed by atoms with Crippen LogP contribution in [-0.4, -0.2) is 34.4 Å². The van der Waals surface area contributed by atoms with E-state index < -0.39 is 0 Å². The van der Waals surface area contributed by atoms with Gasteiger partial charge in [-0.05, 0) is 19.8 Å². The van der Waals surface area contributed by atoms with Gasteiger partial charge in [0.05, 0.1) is 6.61 Å². The normalized spacial score (nSPS) is 15.1. The van der Waals surface area contributed by atoms with Gasteiger partial charge in [-0.1, -0.05) is 0 Å². The average Bonchev–Trinajstić information content (AvgIpc) is 3.11. The van der Waals surface area contributed by atoms with E-state index >= 15 is 0 Å². The molecule has 1 aliphatic carbocycles. The summed E-state index contributed by atoms with van der Waals surface area (Å²) in [5, 5.41) is 8.93. The zero-order valence-electron chi connectivity index (χ0n) is 9.46. The average molecular weight is 223 g/mol. The lowest BCUT2D eigenvalue weighted by Gasteiger charge is -2.20. The van der Waals surface area contributed by atoms with E-state index in [2.05, 4.69) is 4.98 Å². The summed E-state index contributed by atoms with van der Waals surface area (Å²) in [6.07, 6.45) is 5.57. The Labute approximate surface area is 94.3 Å². The Kier molecular flexibility index (Phi) is 3.24. The first-order valence-corrected chi connectivity index (χ1v) is 5.71. The van der Waals surface area contributed by atoms with Gasteiger partial charge in [0.15, 0.2) is 5.82 Å². The summed E-state index contributed by atoms with van der Waals surface area (Å²) in [6.45, 7) is 3.11. The maximum absolute atomic E-state index is 12.1. The monoisotopic (exact) mass is 223 g/mol. The van der Waals surface area contributed by atoms with Gasteiger partial charge >= 0.3 is 0 Å². The van der Waals surface area contributed by atoms with Crippen molar-refractivity contribution in [2.24, 2.45) is 0 Å². The molecule has 1 fully saturated rings. The maximum atomic E-state index is 12.1. The molecule has 1 aromatic rings. The van der Waals surface area contributed by atoms with Crippen LogP contribution in [0.15, 0.2) is 17.2 Å². The van der Waals surface area contributed by atoms with E-state index in [0.717, 1.165) is 12.8 Å². The summed E-state index contributed by atoms with van der Waals surface area (Å²) in [7, 11) is 0. The van der Waals surface area contributed by atoms with Crippen molar-refractivity contribution in [1.29, 1.82) is 0 Å². The summed E-state index contributed by atoms with van der Waals surface area (Å²) >= 11 is 0. The third-order valence-electron chi connectivity index (χ3n) is 2.84. The summed E-state index contributed by atoms with van der Waals surface area (Å²) in [6, 6.07) is 0.363. The second-order valence-electron chi connectivity index (χ2n) is 4.00. The fourth-order valence-corrected chi connectivity index (χ4v) is 1.81.